The van der Waals surface area contributed by atoms with Crippen LogP contribution in [0.3, 0.4) is 0 Å². The van der Waals surface area contributed by atoms with Gasteiger partial charge in [0.05, 0.1) is 5.71 Å². The molecule has 0 aliphatic carbocycles. The molecule has 0 unspecified atom stereocenters. The number of rotatable bonds is 6. The van der Waals surface area contributed by atoms with Crippen molar-refractivity contribution < 1.29 is 4.74 Å². The molecule has 0 radical (unpaired) electrons. The first-order chi connectivity index (χ1) is 15.0. The number of pyridine rings is 1. The van der Waals surface area contributed by atoms with Crippen molar-refractivity contribution in [2.75, 3.05) is 18.2 Å². The van der Waals surface area contributed by atoms with Crippen LogP contribution in [0.5, 0.6) is 5.75 Å². The molecule has 5 heteroatoms. The molecule has 0 N–H and O–H groups in total. The highest BCUT2D eigenvalue weighted by Crippen LogP contribution is 2.32. The van der Waals surface area contributed by atoms with E-state index in [1.165, 1.54) is 5.56 Å². The molecule has 0 spiro atoms. The van der Waals surface area contributed by atoms with Crippen molar-refractivity contribution in [2.24, 2.45) is 4.99 Å². The highest BCUT2D eigenvalue weighted by Gasteiger charge is 2.22. The number of benzene rings is 2. The Kier molecular flexibility index (Phi) is 6.25. The summed E-state index contributed by atoms with van der Waals surface area (Å²) < 4.78 is 5.69. The SMILES string of the molecule is C#CCOc1ccc2c(c1)C(c1ccc(C(C)C)cc1)=NCN2Cc1ccc(Cl)nc1. The molecule has 0 saturated carbocycles. The topological polar surface area (TPSA) is 37.7 Å². The number of hydrogen-bond acceptors (Lipinski definition) is 4. The number of hydrogen-bond donors (Lipinski definition) is 0. The maximum atomic E-state index is 5.94. The fourth-order valence-corrected chi connectivity index (χ4v) is 3.75. The average molecular weight is 430 g/mol. The Morgan fingerprint density at radius 2 is 1.94 bits per heavy atom. The maximum Gasteiger partial charge on any atom is 0.148 e. The number of terminal acetylenes is 1. The molecule has 31 heavy (non-hydrogen) atoms. The molecule has 0 fully saturated rings. The van der Waals surface area contributed by atoms with Gasteiger partial charge in [0.2, 0.25) is 0 Å². The van der Waals surface area contributed by atoms with Crippen molar-refractivity contribution in [3.05, 3.63) is 88.2 Å². The van der Waals surface area contributed by atoms with Gasteiger partial charge in [-0.2, -0.15) is 0 Å². The van der Waals surface area contributed by atoms with Crippen LogP contribution in [0.1, 0.15) is 42.0 Å². The first kappa shape index (κ1) is 21.0. The van der Waals surface area contributed by atoms with Gasteiger partial charge in [-0.05, 0) is 41.3 Å². The van der Waals surface area contributed by atoms with E-state index in [1.807, 2.05) is 24.3 Å². The Balaban J connectivity index is 1.70. The van der Waals surface area contributed by atoms with Crippen molar-refractivity contribution in [2.45, 2.75) is 26.3 Å². The Bertz CT molecular complexity index is 1130. The van der Waals surface area contributed by atoms with Gasteiger partial charge in [0.25, 0.3) is 0 Å². The summed E-state index contributed by atoms with van der Waals surface area (Å²) in [6.45, 7) is 5.86. The molecule has 1 aliphatic rings. The number of fused-ring (bicyclic) bond motifs is 1. The lowest BCUT2D eigenvalue weighted by molar-refractivity contribution is 0.370. The van der Waals surface area contributed by atoms with E-state index in [4.69, 9.17) is 27.8 Å². The first-order valence-electron chi connectivity index (χ1n) is 10.3. The van der Waals surface area contributed by atoms with Crippen molar-refractivity contribution in [3.8, 4) is 18.1 Å². The van der Waals surface area contributed by atoms with Gasteiger partial charge in [0, 0.05) is 29.6 Å². The molecule has 0 atom stereocenters. The fraction of sp³-hybridized carbons (Fsp3) is 0.231. The van der Waals surface area contributed by atoms with Crippen LogP contribution >= 0.6 is 11.6 Å². The normalized spacial score (nSPS) is 12.9. The van der Waals surface area contributed by atoms with Crippen LogP contribution in [-0.4, -0.2) is 24.0 Å². The summed E-state index contributed by atoms with van der Waals surface area (Å²) in [5.41, 5.74) is 6.56. The van der Waals surface area contributed by atoms with E-state index in [0.29, 0.717) is 24.3 Å². The van der Waals surface area contributed by atoms with Crippen molar-refractivity contribution in [1.82, 2.24) is 4.98 Å². The highest BCUT2D eigenvalue weighted by atomic mass is 35.5. The number of halogens is 1. The minimum absolute atomic E-state index is 0.231. The van der Waals surface area contributed by atoms with Gasteiger partial charge in [0.15, 0.2) is 0 Å². The van der Waals surface area contributed by atoms with E-state index >= 15 is 0 Å². The summed E-state index contributed by atoms with van der Waals surface area (Å²) >= 11 is 5.94. The quantitative estimate of drug-likeness (QED) is 0.373. The third-order valence-electron chi connectivity index (χ3n) is 5.30. The Labute approximate surface area is 188 Å². The zero-order chi connectivity index (χ0) is 21.8. The molecule has 2 heterocycles. The molecule has 1 aromatic heterocycles. The molecule has 2 aromatic carbocycles. The van der Waals surface area contributed by atoms with Crippen molar-refractivity contribution in [1.29, 1.82) is 0 Å². The fourth-order valence-electron chi connectivity index (χ4n) is 3.64. The maximum absolute atomic E-state index is 5.94. The molecule has 156 valence electrons. The summed E-state index contributed by atoms with van der Waals surface area (Å²) in [4.78, 5) is 11.3. The van der Waals surface area contributed by atoms with Gasteiger partial charge in [-0.3, -0.25) is 4.99 Å². The third kappa shape index (κ3) is 4.73. The summed E-state index contributed by atoms with van der Waals surface area (Å²) in [5.74, 6) is 3.74. The minimum Gasteiger partial charge on any atom is -0.481 e. The van der Waals surface area contributed by atoms with Gasteiger partial charge in [-0.1, -0.05) is 61.7 Å². The van der Waals surface area contributed by atoms with E-state index in [1.54, 1.807) is 6.20 Å². The Hall–Kier alpha value is -3.29. The molecular weight excluding hydrogens is 406 g/mol. The van der Waals surface area contributed by atoms with Crippen LogP contribution in [0, 0.1) is 12.3 Å². The lowest BCUT2D eigenvalue weighted by atomic mass is 9.95. The Morgan fingerprint density at radius 1 is 1.13 bits per heavy atom. The summed E-state index contributed by atoms with van der Waals surface area (Å²) in [7, 11) is 0. The van der Waals surface area contributed by atoms with E-state index in [2.05, 4.69) is 60.0 Å². The van der Waals surface area contributed by atoms with Gasteiger partial charge in [-0.15, -0.1) is 6.42 Å². The van der Waals surface area contributed by atoms with E-state index in [9.17, 15) is 0 Å². The smallest absolute Gasteiger partial charge is 0.148 e. The predicted octanol–water partition coefficient (Wildman–Crippen LogP) is 5.69. The number of ether oxygens (including phenoxy) is 1. The molecule has 0 amide bonds. The molecule has 0 saturated heterocycles. The third-order valence-corrected chi connectivity index (χ3v) is 5.52. The summed E-state index contributed by atoms with van der Waals surface area (Å²) in [6.07, 6.45) is 7.17. The summed E-state index contributed by atoms with van der Waals surface area (Å²) in [6, 6.07) is 18.5. The van der Waals surface area contributed by atoms with Crippen LogP contribution < -0.4 is 9.64 Å². The zero-order valence-corrected chi connectivity index (χ0v) is 18.4. The van der Waals surface area contributed by atoms with Gasteiger partial charge < -0.3 is 9.64 Å². The molecule has 0 bridgehead atoms. The zero-order valence-electron chi connectivity index (χ0n) is 17.7. The largest absolute Gasteiger partial charge is 0.481 e. The van der Waals surface area contributed by atoms with E-state index < -0.39 is 0 Å². The van der Waals surface area contributed by atoms with E-state index in [0.717, 1.165) is 33.8 Å². The highest BCUT2D eigenvalue weighted by molar-refractivity contribution is 6.29. The molecule has 3 aromatic rings. The monoisotopic (exact) mass is 429 g/mol. The van der Waals surface area contributed by atoms with Crippen LogP contribution in [0.4, 0.5) is 5.69 Å². The molecule has 4 rings (SSSR count). The van der Waals surface area contributed by atoms with Crippen LogP contribution in [-0.2, 0) is 6.54 Å². The van der Waals surface area contributed by atoms with Gasteiger partial charge in [0.1, 0.15) is 24.2 Å². The predicted molar refractivity (Wildman–Crippen MR) is 127 cm³/mol. The lowest BCUT2D eigenvalue weighted by Crippen LogP contribution is -2.30. The standard InChI is InChI=1S/C26H24ClN3O/c1-4-13-31-22-10-11-24-23(14-22)26(21-8-6-20(7-9-21)18(2)3)29-17-30(24)16-19-5-12-25(27)28-15-19/h1,5-12,14-15,18H,13,16-17H2,2-3H3. The van der Waals surface area contributed by atoms with Crippen LogP contribution in [0.2, 0.25) is 5.15 Å². The lowest BCUT2D eigenvalue weighted by Gasteiger charge is -2.30. The number of nitrogens with zero attached hydrogens (tertiary/aromatic N) is 3. The average Bonchev–Trinajstić information content (AvgIpc) is 2.79. The Morgan fingerprint density at radius 3 is 2.61 bits per heavy atom. The van der Waals surface area contributed by atoms with Crippen LogP contribution in [0.25, 0.3) is 0 Å². The minimum atomic E-state index is 0.231. The van der Waals surface area contributed by atoms with Crippen molar-refractivity contribution >= 4 is 23.0 Å². The molecular formula is C26H24ClN3O. The van der Waals surface area contributed by atoms with Crippen molar-refractivity contribution in [3.63, 3.8) is 0 Å². The van der Waals surface area contributed by atoms with Gasteiger partial charge in [-0.25, -0.2) is 4.98 Å². The number of aromatic nitrogens is 1. The molecule has 1 aliphatic heterocycles. The molecule has 4 nitrogen and oxygen atoms in total. The number of aliphatic imine (C=N–C) groups is 1. The second-order valence-corrected chi connectivity index (χ2v) is 8.17. The second kappa shape index (κ2) is 9.24. The van der Waals surface area contributed by atoms with Gasteiger partial charge >= 0.3 is 0 Å². The second-order valence-electron chi connectivity index (χ2n) is 7.78. The van der Waals surface area contributed by atoms with E-state index in [-0.39, 0.29) is 6.61 Å². The number of anilines is 1. The van der Waals surface area contributed by atoms with Crippen LogP contribution in [0.15, 0.2) is 65.8 Å². The first-order valence-corrected chi connectivity index (χ1v) is 10.6. The summed E-state index contributed by atoms with van der Waals surface area (Å²) in [5, 5.41) is 0.489.